The number of amides is 2. The third-order valence-corrected chi connectivity index (χ3v) is 6.71. The van der Waals surface area contributed by atoms with E-state index in [0.29, 0.717) is 11.4 Å². The molecule has 0 unspecified atom stereocenters. The van der Waals surface area contributed by atoms with Crippen molar-refractivity contribution in [2.24, 2.45) is 0 Å². The number of fused-ring (bicyclic) bond motifs is 1. The molecule has 2 amide bonds. The van der Waals surface area contributed by atoms with Crippen LogP contribution in [-0.2, 0) is 9.59 Å². The number of benzene rings is 2. The van der Waals surface area contributed by atoms with Crippen molar-refractivity contribution in [1.82, 2.24) is 10.2 Å². The maximum Gasteiger partial charge on any atom is 0.244 e. The molecule has 136 valence electrons. The first kappa shape index (κ1) is 18.0. The van der Waals surface area contributed by atoms with Crippen molar-refractivity contribution in [3.05, 3.63) is 54.0 Å². The fourth-order valence-electron chi connectivity index (χ4n) is 2.62. The van der Waals surface area contributed by atoms with Gasteiger partial charge in [-0.25, -0.2) is 0 Å². The number of hydrogen-bond donors (Lipinski definition) is 1. The summed E-state index contributed by atoms with van der Waals surface area (Å²) < 4.78 is 0.800. The summed E-state index contributed by atoms with van der Waals surface area (Å²) >= 11 is 4.38. The van der Waals surface area contributed by atoms with Gasteiger partial charge in [-0.05, 0) is 24.3 Å². The molecule has 0 atom stereocenters. The van der Waals surface area contributed by atoms with Gasteiger partial charge < -0.3 is 10.2 Å². The second-order valence-corrected chi connectivity index (χ2v) is 8.73. The van der Waals surface area contributed by atoms with Gasteiger partial charge in [0.1, 0.15) is 12.1 Å². The van der Waals surface area contributed by atoms with E-state index in [-0.39, 0.29) is 18.4 Å². The lowest BCUT2D eigenvalue weighted by Crippen LogP contribution is -2.41. The summed E-state index contributed by atoms with van der Waals surface area (Å²) in [5.74, 6) is 0.0362. The van der Waals surface area contributed by atoms with Crippen LogP contribution in [0.3, 0.4) is 0 Å². The Morgan fingerprint density at radius 1 is 1.19 bits per heavy atom. The number of carbonyl (C=O) groups is 2. The minimum Gasteiger partial charge on any atom is -0.323 e. The third-order valence-electron chi connectivity index (χ3n) is 3.81. The Balaban J connectivity index is 1.50. The van der Waals surface area contributed by atoms with E-state index in [9.17, 15) is 9.59 Å². The van der Waals surface area contributed by atoms with Crippen molar-refractivity contribution in [2.75, 3.05) is 22.5 Å². The lowest BCUT2D eigenvalue weighted by atomic mass is 10.2. The lowest BCUT2D eigenvalue weighted by Gasteiger charge is -2.28. The van der Waals surface area contributed by atoms with Gasteiger partial charge in [-0.3, -0.25) is 9.59 Å². The molecule has 0 bridgehead atoms. The number of aromatic nitrogens is 2. The first-order chi connectivity index (χ1) is 13.2. The SMILES string of the molecule is O=C(CN1C(=O)CSc2ccccc21)Nc1ccccc1Sc1nncs1. The normalized spacial score (nSPS) is 13.3. The number of nitrogens with one attached hydrogen (secondary N) is 1. The number of hydrogen-bond acceptors (Lipinski definition) is 7. The molecule has 1 aliphatic heterocycles. The van der Waals surface area contributed by atoms with Gasteiger partial charge in [-0.2, -0.15) is 0 Å². The highest BCUT2D eigenvalue weighted by atomic mass is 32.2. The standard InChI is InChI=1S/C18H14N4O2S3/c23-16(9-22-13-6-2-4-8-15(13)25-10-17(22)24)20-12-5-1-3-7-14(12)27-18-21-19-11-26-18/h1-8,11H,9-10H2,(H,20,23). The van der Waals surface area contributed by atoms with Crippen LogP contribution in [0, 0.1) is 0 Å². The van der Waals surface area contributed by atoms with Gasteiger partial charge in [0.05, 0.1) is 17.1 Å². The van der Waals surface area contributed by atoms with Crippen molar-refractivity contribution in [1.29, 1.82) is 0 Å². The van der Waals surface area contributed by atoms with Gasteiger partial charge >= 0.3 is 0 Å². The molecule has 0 saturated carbocycles. The Labute approximate surface area is 168 Å². The van der Waals surface area contributed by atoms with E-state index in [2.05, 4.69) is 15.5 Å². The van der Waals surface area contributed by atoms with Crippen LogP contribution >= 0.6 is 34.9 Å². The predicted molar refractivity (Wildman–Crippen MR) is 109 cm³/mol. The average molecular weight is 415 g/mol. The molecule has 3 aromatic rings. The smallest absolute Gasteiger partial charge is 0.244 e. The van der Waals surface area contributed by atoms with E-state index < -0.39 is 0 Å². The molecule has 0 fully saturated rings. The van der Waals surface area contributed by atoms with E-state index in [4.69, 9.17) is 0 Å². The van der Waals surface area contributed by atoms with E-state index in [0.717, 1.165) is 19.8 Å². The second kappa shape index (κ2) is 8.12. The van der Waals surface area contributed by atoms with Gasteiger partial charge in [0, 0.05) is 9.79 Å². The van der Waals surface area contributed by atoms with Crippen LogP contribution in [0.4, 0.5) is 11.4 Å². The van der Waals surface area contributed by atoms with Crippen molar-refractivity contribution in [2.45, 2.75) is 14.1 Å². The lowest BCUT2D eigenvalue weighted by molar-refractivity contribution is -0.120. The number of nitrogens with zero attached hydrogens (tertiary/aromatic N) is 3. The van der Waals surface area contributed by atoms with Crippen LogP contribution in [0.5, 0.6) is 0 Å². The average Bonchev–Trinajstić information content (AvgIpc) is 3.19. The largest absolute Gasteiger partial charge is 0.323 e. The highest BCUT2D eigenvalue weighted by Gasteiger charge is 2.26. The van der Waals surface area contributed by atoms with E-state index >= 15 is 0 Å². The molecule has 2 aromatic carbocycles. The Bertz CT molecular complexity index is 978. The first-order valence-corrected chi connectivity index (χ1v) is 10.7. The monoisotopic (exact) mass is 414 g/mol. The molecule has 2 heterocycles. The Morgan fingerprint density at radius 2 is 2.00 bits per heavy atom. The molecule has 0 spiro atoms. The van der Waals surface area contributed by atoms with Gasteiger partial charge in [-0.1, -0.05) is 47.4 Å². The molecule has 1 aliphatic rings. The highest BCUT2D eigenvalue weighted by Crippen LogP contribution is 2.36. The van der Waals surface area contributed by atoms with Crippen molar-refractivity contribution in [3.63, 3.8) is 0 Å². The molecule has 6 nitrogen and oxygen atoms in total. The molecule has 0 radical (unpaired) electrons. The van der Waals surface area contributed by atoms with Gasteiger partial charge in [-0.15, -0.1) is 22.0 Å². The van der Waals surface area contributed by atoms with Gasteiger partial charge in [0.2, 0.25) is 11.8 Å². The van der Waals surface area contributed by atoms with Crippen molar-refractivity contribution < 1.29 is 9.59 Å². The molecule has 0 aliphatic carbocycles. The Hall–Kier alpha value is -2.36. The summed E-state index contributed by atoms with van der Waals surface area (Å²) in [6.45, 7) is -0.0196. The number of thioether (sulfide) groups is 1. The Morgan fingerprint density at radius 3 is 2.85 bits per heavy atom. The summed E-state index contributed by atoms with van der Waals surface area (Å²) in [5, 5.41) is 10.8. The van der Waals surface area contributed by atoms with Crippen LogP contribution in [0.2, 0.25) is 0 Å². The zero-order chi connectivity index (χ0) is 18.6. The molecule has 0 saturated heterocycles. The molecule has 27 heavy (non-hydrogen) atoms. The number of carbonyl (C=O) groups excluding carboxylic acids is 2. The molecular weight excluding hydrogens is 400 g/mol. The quantitative estimate of drug-likeness (QED) is 0.685. The molecule has 1 aromatic heterocycles. The fourth-order valence-corrected chi connectivity index (χ4v) is 5.08. The van der Waals surface area contributed by atoms with E-state index in [1.165, 1.54) is 34.9 Å². The van der Waals surface area contributed by atoms with E-state index in [1.807, 2.05) is 48.5 Å². The summed E-state index contributed by atoms with van der Waals surface area (Å²) in [6, 6.07) is 15.1. The van der Waals surface area contributed by atoms with Gasteiger partial charge in [0.25, 0.3) is 0 Å². The summed E-state index contributed by atoms with van der Waals surface area (Å²) in [5.41, 5.74) is 3.14. The van der Waals surface area contributed by atoms with Crippen LogP contribution in [-0.4, -0.2) is 34.3 Å². The zero-order valence-electron chi connectivity index (χ0n) is 14.0. The topological polar surface area (TPSA) is 75.2 Å². The minimum atomic E-state index is -0.240. The molecule has 9 heteroatoms. The van der Waals surface area contributed by atoms with Crippen molar-refractivity contribution >= 4 is 58.0 Å². The maximum atomic E-state index is 12.6. The number of rotatable bonds is 5. The fraction of sp³-hybridized carbons (Fsp3) is 0.111. The summed E-state index contributed by atoms with van der Waals surface area (Å²) in [4.78, 5) is 28.4. The minimum absolute atomic E-state index is 0.0196. The number of para-hydroxylation sites is 2. The third kappa shape index (κ3) is 4.15. The molecule has 4 rings (SSSR count). The molecule has 1 N–H and O–H groups in total. The van der Waals surface area contributed by atoms with Crippen LogP contribution in [0.1, 0.15) is 0 Å². The van der Waals surface area contributed by atoms with Gasteiger partial charge in [0.15, 0.2) is 4.34 Å². The first-order valence-electron chi connectivity index (χ1n) is 8.06. The molecular formula is C18H14N4O2S3. The second-order valence-electron chi connectivity index (χ2n) is 5.59. The van der Waals surface area contributed by atoms with Crippen LogP contribution < -0.4 is 10.2 Å². The summed E-state index contributed by atoms with van der Waals surface area (Å²) in [6.07, 6.45) is 0. The predicted octanol–water partition coefficient (Wildman–Crippen LogP) is 3.77. The van der Waals surface area contributed by atoms with Crippen molar-refractivity contribution in [3.8, 4) is 0 Å². The summed E-state index contributed by atoms with van der Waals surface area (Å²) in [7, 11) is 0. The van der Waals surface area contributed by atoms with E-state index in [1.54, 1.807) is 10.4 Å². The van der Waals surface area contributed by atoms with Crippen LogP contribution in [0.15, 0.2) is 68.2 Å². The zero-order valence-corrected chi connectivity index (χ0v) is 16.4. The number of anilines is 2. The Kier molecular flexibility index (Phi) is 5.42. The maximum absolute atomic E-state index is 12.6. The highest BCUT2D eigenvalue weighted by molar-refractivity contribution is 8.01. The van der Waals surface area contributed by atoms with Crippen LogP contribution in [0.25, 0.3) is 0 Å².